The predicted molar refractivity (Wildman–Crippen MR) is 54.9 cm³/mol. The van der Waals surface area contributed by atoms with Crippen LogP contribution >= 0.6 is 11.3 Å². The molecule has 2 heterocycles. The largest absolute Gasteiger partial charge is 0.440 e. The number of hydrogen-bond donors (Lipinski definition) is 1. The third kappa shape index (κ3) is 1.44. The van der Waals surface area contributed by atoms with Crippen LogP contribution in [0.5, 0.6) is 0 Å². The smallest absolute Gasteiger partial charge is 0.192 e. The number of rotatable bonds is 3. The Morgan fingerprint density at radius 2 is 2.50 bits per heavy atom. The van der Waals surface area contributed by atoms with E-state index in [1.54, 1.807) is 14.0 Å². The summed E-state index contributed by atoms with van der Waals surface area (Å²) in [6, 6.07) is 0. The zero-order valence-electron chi connectivity index (χ0n) is 7.96. The summed E-state index contributed by atoms with van der Waals surface area (Å²) >= 11 is 1.38. The van der Waals surface area contributed by atoms with Gasteiger partial charge in [0.25, 0.3) is 0 Å². The van der Waals surface area contributed by atoms with Gasteiger partial charge >= 0.3 is 0 Å². The number of aromatic nitrogens is 1. The number of Topliss-reactive ketones (excluding diaryl/α,β-unsaturated/α-hetero) is 1. The summed E-state index contributed by atoms with van der Waals surface area (Å²) < 4.78 is 5.30. The lowest BCUT2D eigenvalue weighted by Gasteiger charge is -1.93. The molecule has 0 aliphatic carbocycles. The first kappa shape index (κ1) is 9.36. The Hall–Kier alpha value is -1.20. The summed E-state index contributed by atoms with van der Waals surface area (Å²) in [6.07, 6.45) is 0. The second-order valence-corrected chi connectivity index (χ2v) is 3.84. The van der Waals surface area contributed by atoms with E-state index < -0.39 is 0 Å². The van der Waals surface area contributed by atoms with Crippen molar-refractivity contribution in [1.82, 2.24) is 10.3 Å². The fourth-order valence-corrected chi connectivity index (χ4v) is 2.14. The second-order valence-electron chi connectivity index (χ2n) is 2.96. The predicted octanol–water partition coefficient (Wildman–Crippen LogP) is 1.60. The zero-order valence-corrected chi connectivity index (χ0v) is 8.77. The van der Waals surface area contributed by atoms with Gasteiger partial charge in [0.05, 0.1) is 6.54 Å². The first-order chi connectivity index (χ1) is 6.72. The van der Waals surface area contributed by atoms with E-state index in [1.807, 2.05) is 5.38 Å². The Morgan fingerprint density at radius 3 is 3.21 bits per heavy atom. The van der Waals surface area contributed by atoms with Crippen LogP contribution in [-0.2, 0) is 0 Å². The van der Waals surface area contributed by atoms with E-state index in [1.165, 1.54) is 11.3 Å². The molecule has 2 rings (SSSR count). The number of likely N-dealkylation sites (N-methyl/N-ethyl adjacent to an activating group) is 1. The van der Waals surface area contributed by atoms with Crippen LogP contribution in [-0.4, -0.2) is 24.4 Å². The van der Waals surface area contributed by atoms with Crippen LogP contribution in [0.4, 0.5) is 0 Å². The van der Waals surface area contributed by atoms with Gasteiger partial charge < -0.3 is 9.73 Å². The molecule has 1 N–H and O–H groups in total. The van der Waals surface area contributed by atoms with Gasteiger partial charge in [0.2, 0.25) is 0 Å². The summed E-state index contributed by atoms with van der Waals surface area (Å²) in [6.45, 7) is 2.11. The molecule has 0 aliphatic heterocycles. The molecule has 2 aromatic heterocycles. The van der Waals surface area contributed by atoms with Crippen molar-refractivity contribution in [3.63, 3.8) is 0 Å². The van der Waals surface area contributed by atoms with Crippen LogP contribution in [0.3, 0.4) is 0 Å². The van der Waals surface area contributed by atoms with Gasteiger partial charge in [-0.15, -0.1) is 11.3 Å². The highest BCUT2D eigenvalue weighted by molar-refractivity contribution is 7.13. The maximum Gasteiger partial charge on any atom is 0.192 e. The summed E-state index contributed by atoms with van der Waals surface area (Å²) in [4.78, 5) is 16.4. The summed E-state index contributed by atoms with van der Waals surface area (Å²) in [5.74, 6) is 0.655. The number of aryl methyl sites for hydroxylation is 1. The van der Waals surface area contributed by atoms with E-state index >= 15 is 0 Å². The summed E-state index contributed by atoms with van der Waals surface area (Å²) in [5.41, 5.74) is 1.39. The van der Waals surface area contributed by atoms with Crippen LogP contribution in [0.15, 0.2) is 9.80 Å². The van der Waals surface area contributed by atoms with E-state index in [-0.39, 0.29) is 5.78 Å². The maximum absolute atomic E-state index is 11.6. The number of ketones is 1. The van der Waals surface area contributed by atoms with Gasteiger partial charge in [-0.3, -0.25) is 4.79 Å². The van der Waals surface area contributed by atoms with Crippen molar-refractivity contribution in [3.05, 3.63) is 16.1 Å². The molecule has 74 valence electrons. The van der Waals surface area contributed by atoms with Crippen molar-refractivity contribution < 1.29 is 9.21 Å². The topological polar surface area (TPSA) is 55.1 Å². The Kier molecular flexibility index (Phi) is 2.35. The van der Waals surface area contributed by atoms with Crippen LogP contribution in [0.2, 0.25) is 0 Å². The third-order valence-corrected chi connectivity index (χ3v) is 2.84. The van der Waals surface area contributed by atoms with Gasteiger partial charge in [-0.1, -0.05) is 0 Å². The van der Waals surface area contributed by atoms with Crippen molar-refractivity contribution in [2.24, 2.45) is 0 Å². The molecule has 0 amide bonds. The number of oxazole rings is 1. The molecule has 0 saturated heterocycles. The molecule has 0 spiro atoms. The minimum atomic E-state index is 0.0563. The Morgan fingerprint density at radius 1 is 1.71 bits per heavy atom. The van der Waals surface area contributed by atoms with Crippen molar-refractivity contribution in [2.75, 3.05) is 13.6 Å². The van der Waals surface area contributed by atoms with E-state index in [0.29, 0.717) is 28.4 Å². The Balaban J connectivity index is 2.46. The van der Waals surface area contributed by atoms with Crippen molar-refractivity contribution in [2.45, 2.75) is 6.92 Å². The normalized spacial score (nSPS) is 11.0. The lowest BCUT2D eigenvalue weighted by Crippen LogP contribution is -2.17. The number of fused-ring (bicyclic) bond motifs is 1. The molecule has 14 heavy (non-hydrogen) atoms. The average molecular weight is 210 g/mol. The highest BCUT2D eigenvalue weighted by atomic mass is 32.1. The first-order valence-corrected chi connectivity index (χ1v) is 5.12. The molecular weight excluding hydrogens is 200 g/mol. The molecule has 2 aromatic rings. The Bertz CT molecular complexity index is 472. The van der Waals surface area contributed by atoms with Crippen molar-refractivity contribution in [3.8, 4) is 0 Å². The molecular formula is C9H10N2O2S. The monoisotopic (exact) mass is 210 g/mol. The highest BCUT2D eigenvalue weighted by Crippen LogP contribution is 2.26. The standard InChI is InChI=1S/C9H10N2O2S/c1-5-11-8-7(13-5)4-14-9(8)6(12)3-10-2/h4,10H,3H2,1-2H3. The minimum absolute atomic E-state index is 0.0563. The van der Waals surface area contributed by atoms with Crippen LogP contribution < -0.4 is 5.32 Å². The number of carbonyl (C=O) groups is 1. The van der Waals surface area contributed by atoms with Crippen LogP contribution in [0, 0.1) is 6.92 Å². The fraction of sp³-hybridized carbons (Fsp3) is 0.333. The van der Waals surface area contributed by atoms with E-state index in [2.05, 4.69) is 10.3 Å². The minimum Gasteiger partial charge on any atom is -0.440 e. The van der Waals surface area contributed by atoms with Gasteiger partial charge in [-0.05, 0) is 7.05 Å². The molecule has 0 atom stereocenters. The quantitative estimate of drug-likeness (QED) is 0.782. The van der Waals surface area contributed by atoms with E-state index in [9.17, 15) is 4.79 Å². The molecule has 0 fully saturated rings. The SMILES string of the molecule is CNCC(=O)c1scc2oc(C)nc12. The molecule has 4 nitrogen and oxygen atoms in total. The van der Waals surface area contributed by atoms with Crippen LogP contribution in [0.25, 0.3) is 11.1 Å². The van der Waals surface area contributed by atoms with Crippen LogP contribution in [0.1, 0.15) is 15.6 Å². The first-order valence-electron chi connectivity index (χ1n) is 4.25. The van der Waals surface area contributed by atoms with Crippen molar-refractivity contribution in [1.29, 1.82) is 0 Å². The Labute approximate surface area is 84.9 Å². The number of nitrogens with one attached hydrogen (secondary N) is 1. The van der Waals surface area contributed by atoms with Crippen molar-refractivity contribution >= 4 is 28.2 Å². The lowest BCUT2D eigenvalue weighted by atomic mass is 10.3. The lowest BCUT2D eigenvalue weighted by molar-refractivity contribution is 0.0998. The second kappa shape index (κ2) is 3.51. The highest BCUT2D eigenvalue weighted by Gasteiger charge is 2.15. The van der Waals surface area contributed by atoms with Gasteiger partial charge in [0, 0.05) is 12.3 Å². The van der Waals surface area contributed by atoms with Gasteiger partial charge in [-0.2, -0.15) is 0 Å². The fourth-order valence-electron chi connectivity index (χ4n) is 1.29. The average Bonchev–Trinajstić information content (AvgIpc) is 2.62. The van der Waals surface area contributed by atoms with Gasteiger partial charge in [-0.25, -0.2) is 4.98 Å². The third-order valence-electron chi connectivity index (χ3n) is 1.85. The number of hydrogen-bond acceptors (Lipinski definition) is 5. The zero-order chi connectivity index (χ0) is 10.1. The molecule has 0 aliphatic rings. The number of carbonyl (C=O) groups excluding carboxylic acids is 1. The summed E-state index contributed by atoms with van der Waals surface area (Å²) in [7, 11) is 1.75. The molecule has 0 saturated carbocycles. The summed E-state index contributed by atoms with van der Waals surface area (Å²) in [5, 5.41) is 4.64. The maximum atomic E-state index is 11.6. The van der Waals surface area contributed by atoms with E-state index in [0.717, 1.165) is 0 Å². The van der Waals surface area contributed by atoms with Gasteiger partial charge in [0.1, 0.15) is 10.4 Å². The van der Waals surface area contributed by atoms with E-state index in [4.69, 9.17) is 4.42 Å². The molecule has 0 radical (unpaired) electrons. The van der Waals surface area contributed by atoms with Gasteiger partial charge in [0.15, 0.2) is 17.3 Å². The molecule has 0 unspecified atom stereocenters. The molecule has 0 aromatic carbocycles. The number of nitrogens with zero attached hydrogens (tertiary/aromatic N) is 1. The molecule has 0 bridgehead atoms. The molecule has 5 heteroatoms. The number of thiophene rings is 1.